The Hall–Kier alpha value is -1.58. The maximum absolute atomic E-state index is 6.12. The van der Waals surface area contributed by atoms with Crippen LogP contribution in [0, 0.1) is 13.8 Å². The molecule has 0 unspecified atom stereocenters. The predicted molar refractivity (Wildman–Crippen MR) is 87.6 cm³/mol. The van der Waals surface area contributed by atoms with Gasteiger partial charge in [0, 0.05) is 16.1 Å². The van der Waals surface area contributed by atoms with Gasteiger partial charge in [-0.2, -0.15) is 0 Å². The Morgan fingerprint density at radius 3 is 2.35 bits per heavy atom. The summed E-state index contributed by atoms with van der Waals surface area (Å²) in [6, 6.07) is 11.5. The van der Waals surface area contributed by atoms with Gasteiger partial charge in [0.15, 0.2) is 0 Å². The molecule has 2 nitrogen and oxygen atoms in total. The lowest BCUT2D eigenvalue weighted by Crippen LogP contribution is -2.10. The fourth-order valence-electron chi connectivity index (χ4n) is 2.09. The standard InChI is InChI=1S/C16H16ClNOS/c1-10-7-13(16(18)20)8-11(2)15(10)19-9-12-5-3-4-6-14(12)17/h3-8H,9H2,1-2H3,(H2,18,20). The van der Waals surface area contributed by atoms with Crippen molar-refractivity contribution in [2.75, 3.05) is 0 Å². The fourth-order valence-corrected chi connectivity index (χ4v) is 2.39. The molecule has 0 bridgehead atoms. The first-order valence-corrected chi connectivity index (χ1v) is 7.05. The van der Waals surface area contributed by atoms with Crippen molar-refractivity contribution in [1.29, 1.82) is 0 Å². The summed E-state index contributed by atoms with van der Waals surface area (Å²) in [5.41, 5.74) is 9.51. The summed E-state index contributed by atoms with van der Waals surface area (Å²) in [6.45, 7) is 4.40. The van der Waals surface area contributed by atoms with Gasteiger partial charge in [-0.15, -0.1) is 0 Å². The molecule has 2 aromatic carbocycles. The third kappa shape index (κ3) is 3.30. The molecule has 0 fully saturated rings. The summed E-state index contributed by atoms with van der Waals surface area (Å²) < 4.78 is 5.90. The lowest BCUT2D eigenvalue weighted by atomic mass is 10.1. The van der Waals surface area contributed by atoms with Crippen LogP contribution in [0.15, 0.2) is 36.4 Å². The van der Waals surface area contributed by atoms with Crippen molar-refractivity contribution in [3.8, 4) is 5.75 Å². The van der Waals surface area contributed by atoms with E-state index >= 15 is 0 Å². The van der Waals surface area contributed by atoms with Crippen LogP contribution in [0.2, 0.25) is 5.02 Å². The van der Waals surface area contributed by atoms with Crippen molar-refractivity contribution >= 4 is 28.8 Å². The Morgan fingerprint density at radius 2 is 1.80 bits per heavy atom. The SMILES string of the molecule is Cc1cc(C(N)=S)cc(C)c1OCc1ccccc1Cl. The number of rotatable bonds is 4. The average molecular weight is 306 g/mol. The van der Waals surface area contributed by atoms with Crippen LogP contribution in [0.1, 0.15) is 22.3 Å². The van der Waals surface area contributed by atoms with Gasteiger partial charge in [0.2, 0.25) is 0 Å². The summed E-state index contributed by atoms with van der Waals surface area (Å²) in [5.74, 6) is 0.852. The molecule has 0 atom stereocenters. The van der Waals surface area contributed by atoms with E-state index in [4.69, 9.17) is 34.3 Å². The van der Waals surface area contributed by atoms with Gasteiger partial charge in [0.25, 0.3) is 0 Å². The summed E-state index contributed by atoms with van der Waals surface area (Å²) in [7, 11) is 0. The number of aryl methyl sites for hydroxylation is 2. The van der Waals surface area contributed by atoms with Crippen LogP contribution in [0.25, 0.3) is 0 Å². The van der Waals surface area contributed by atoms with E-state index < -0.39 is 0 Å². The normalized spacial score (nSPS) is 10.3. The van der Waals surface area contributed by atoms with Gasteiger partial charge in [-0.1, -0.05) is 42.0 Å². The minimum absolute atomic E-state index is 0.397. The number of thiocarbonyl (C=S) groups is 1. The second kappa shape index (κ2) is 6.25. The molecule has 0 heterocycles. The highest BCUT2D eigenvalue weighted by atomic mass is 35.5. The molecule has 0 aliphatic carbocycles. The molecule has 0 saturated carbocycles. The molecular formula is C16H16ClNOS. The molecule has 0 aliphatic rings. The van der Waals surface area contributed by atoms with Crippen LogP contribution in [0.4, 0.5) is 0 Å². The van der Waals surface area contributed by atoms with Crippen molar-refractivity contribution in [2.45, 2.75) is 20.5 Å². The van der Waals surface area contributed by atoms with Crippen LogP contribution in [0.5, 0.6) is 5.75 Å². The molecule has 104 valence electrons. The number of hydrogen-bond donors (Lipinski definition) is 1. The van der Waals surface area contributed by atoms with Gasteiger partial charge >= 0.3 is 0 Å². The highest BCUT2D eigenvalue weighted by Gasteiger charge is 2.09. The van der Waals surface area contributed by atoms with E-state index in [1.165, 1.54) is 0 Å². The van der Waals surface area contributed by atoms with Crippen molar-refractivity contribution in [2.24, 2.45) is 5.73 Å². The Morgan fingerprint density at radius 1 is 1.20 bits per heavy atom. The lowest BCUT2D eigenvalue weighted by Gasteiger charge is -2.14. The largest absolute Gasteiger partial charge is 0.488 e. The third-order valence-corrected chi connectivity index (χ3v) is 3.68. The Kier molecular flexibility index (Phi) is 4.63. The predicted octanol–water partition coefficient (Wildman–Crippen LogP) is 4.17. The van der Waals surface area contributed by atoms with E-state index in [0.717, 1.165) is 28.0 Å². The summed E-state index contributed by atoms with van der Waals surface area (Å²) in [4.78, 5) is 0.397. The van der Waals surface area contributed by atoms with E-state index in [2.05, 4.69) is 0 Å². The van der Waals surface area contributed by atoms with E-state index in [1.807, 2.05) is 50.2 Å². The van der Waals surface area contributed by atoms with Gasteiger partial charge in [-0.05, 0) is 43.2 Å². The van der Waals surface area contributed by atoms with Crippen LogP contribution >= 0.6 is 23.8 Å². The molecule has 0 spiro atoms. The highest BCUT2D eigenvalue weighted by molar-refractivity contribution is 7.80. The second-order valence-electron chi connectivity index (χ2n) is 4.68. The molecule has 0 radical (unpaired) electrons. The summed E-state index contributed by atoms with van der Waals surface area (Å²) >= 11 is 11.1. The van der Waals surface area contributed by atoms with E-state index in [0.29, 0.717) is 16.6 Å². The van der Waals surface area contributed by atoms with Crippen LogP contribution in [0.3, 0.4) is 0 Å². The number of benzene rings is 2. The number of nitrogens with two attached hydrogens (primary N) is 1. The summed E-state index contributed by atoms with van der Waals surface area (Å²) in [6.07, 6.45) is 0. The zero-order valence-electron chi connectivity index (χ0n) is 11.4. The molecule has 2 rings (SSSR count). The minimum Gasteiger partial charge on any atom is -0.488 e. The minimum atomic E-state index is 0.397. The Bertz CT molecular complexity index is 632. The smallest absolute Gasteiger partial charge is 0.125 e. The Balaban J connectivity index is 2.22. The number of halogens is 1. The zero-order chi connectivity index (χ0) is 14.7. The van der Waals surface area contributed by atoms with E-state index in [9.17, 15) is 0 Å². The van der Waals surface area contributed by atoms with Crippen molar-refractivity contribution in [1.82, 2.24) is 0 Å². The van der Waals surface area contributed by atoms with Gasteiger partial charge in [-0.3, -0.25) is 0 Å². The van der Waals surface area contributed by atoms with Gasteiger partial charge in [0.1, 0.15) is 17.3 Å². The molecule has 2 N–H and O–H groups in total. The van der Waals surface area contributed by atoms with Gasteiger partial charge < -0.3 is 10.5 Å². The number of ether oxygens (including phenoxy) is 1. The Labute approximate surface area is 129 Å². The van der Waals surface area contributed by atoms with Crippen molar-refractivity contribution in [3.63, 3.8) is 0 Å². The molecule has 0 amide bonds. The first-order valence-electron chi connectivity index (χ1n) is 6.26. The fraction of sp³-hybridized carbons (Fsp3) is 0.188. The molecule has 2 aromatic rings. The first-order chi connectivity index (χ1) is 9.49. The zero-order valence-corrected chi connectivity index (χ0v) is 13.0. The lowest BCUT2D eigenvalue weighted by molar-refractivity contribution is 0.302. The second-order valence-corrected chi connectivity index (χ2v) is 5.53. The molecule has 4 heteroatoms. The van der Waals surface area contributed by atoms with Crippen LogP contribution < -0.4 is 10.5 Å². The monoisotopic (exact) mass is 305 g/mol. The summed E-state index contributed by atoms with van der Waals surface area (Å²) in [5, 5.41) is 0.711. The quantitative estimate of drug-likeness (QED) is 0.861. The van der Waals surface area contributed by atoms with Gasteiger partial charge in [0.05, 0.1) is 0 Å². The van der Waals surface area contributed by atoms with Crippen molar-refractivity contribution < 1.29 is 4.74 Å². The number of hydrogen-bond acceptors (Lipinski definition) is 2. The first kappa shape index (κ1) is 14.8. The van der Waals surface area contributed by atoms with Crippen LogP contribution in [-0.2, 0) is 6.61 Å². The maximum Gasteiger partial charge on any atom is 0.125 e. The van der Waals surface area contributed by atoms with Crippen molar-refractivity contribution in [3.05, 3.63) is 63.7 Å². The molecular weight excluding hydrogens is 290 g/mol. The van der Waals surface area contributed by atoms with Gasteiger partial charge in [-0.25, -0.2) is 0 Å². The molecule has 0 aliphatic heterocycles. The molecule has 0 saturated heterocycles. The van der Waals surface area contributed by atoms with Crippen LogP contribution in [-0.4, -0.2) is 4.99 Å². The molecule has 0 aromatic heterocycles. The highest BCUT2D eigenvalue weighted by Crippen LogP contribution is 2.26. The third-order valence-electron chi connectivity index (χ3n) is 3.07. The van der Waals surface area contributed by atoms with E-state index in [1.54, 1.807) is 0 Å². The average Bonchev–Trinajstić information content (AvgIpc) is 2.39. The van der Waals surface area contributed by atoms with E-state index in [-0.39, 0.29) is 0 Å². The maximum atomic E-state index is 6.12. The topological polar surface area (TPSA) is 35.2 Å². The molecule has 20 heavy (non-hydrogen) atoms.